The molecule has 6 nitrogen and oxygen atoms in total. The number of fused-ring (bicyclic) bond motifs is 1. The third-order valence-corrected chi connectivity index (χ3v) is 3.76. The van der Waals surface area contributed by atoms with E-state index in [-0.39, 0.29) is 6.61 Å². The molecule has 6 heteroatoms. The van der Waals surface area contributed by atoms with Crippen LogP contribution >= 0.6 is 0 Å². The van der Waals surface area contributed by atoms with Crippen LogP contribution in [-0.4, -0.2) is 29.0 Å². The predicted octanol–water partition coefficient (Wildman–Crippen LogP) is 2.41. The number of nitrogens with two attached hydrogens (primary N) is 1. The number of aliphatic hydroxyl groups excluding tert-OH is 1. The first-order chi connectivity index (χ1) is 12.1. The maximum absolute atomic E-state index is 11.4. The van der Waals surface area contributed by atoms with E-state index in [9.17, 15) is 4.79 Å². The lowest BCUT2D eigenvalue weighted by molar-refractivity contribution is 0.0716. The van der Waals surface area contributed by atoms with Crippen molar-refractivity contribution in [2.45, 2.75) is 12.8 Å². The zero-order valence-electron chi connectivity index (χ0n) is 13.6. The minimum absolute atomic E-state index is 0.237. The van der Waals surface area contributed by atoms with Gasteiger partial charge in [0, 0.05) is 29.9 Å². The van der Waals surface area contributed by atoms with E-state index < -0.39 is 12.3 Å². The van der Waals surface area contributed by atoms with Crippen LogP contribution in [0.2, 0.25) is 0 Å². The molecule has 1 amide bonds. The summed E-state index contributed by atoms with van der Waals surface area (Å²) in [7, 11) is 0. The summed E-state index contributed by atoms with van der Waals surface area (Å²) in [4.78, 5) is 15.7. The number of alkyl carbamates (subject to hydrolysis) is 1. The van der Waals surface area contributed by atoms with Gasteiger partial charge in [0.2, 0.25) is 0 Å². The van der Waals surface area contributed by atoms with E-state index in [0.29, 0.717) is 6.54 Å². The number of aromatic nitrogens is 1. The molecule has 2 aromatic carbocycles. The van der Waals surface area contributed by atoms with Crippen molar-refractivity contribution in [3.8, 4) is 11.1 Å². The summed E-state index contributed by atoms with van der Waals surface area (Å²) in [5.41, 5.74) is 8.16. The topological polar surface area (TPSA) is 97.5 Å². The van der Waals surface area contributed by atoms with Gasteiger partial charge in [0.15, 0.2) is 0 Å². The van der Waals surface area contributed by atoms with Crippen LogP contribution in [0.15, 0.2) is 60.9 Å². The molecule has 0 saturated heterocycles. The molecule has 1 aromatic heterocycles. The van der Waals surface area contributed by atoms with Gasteiger partial charge in [-0.2, -0.15) is 0 Å². The number of hydrogen-bond donors (Lipinski definition) is 3. The predicted molar refractivity (Wildman–Crippen MR) is 95.6 cm³/mol. The number of carbonyl (C=O) groups excluding carboxylic acids is 1. The first-order valence-corrected chi connectivity index (χ1v) is 7.90. The molecule has 3 rings (SSSR count). The molecule has 0 aliphatic rings. The molecule has 1 unspecified atom stereocenters. The first kappa shape index (κ1) is 16.9. The zero-order valence-corrected chi connectivity index (χ0v) is 13.6. The fourth-order valence-corrected chi connectivity index (χ4v) is 2.54. The van der Waals surface area contributed by atoms with Crippen LogP contribution in [0, 0.1) is 0 Å². The minimum atomic E-state index is -1.17. The highest BCUT2D eigenvalue weighted by molar-refractivity contribution is 5.95. The SMILES string of the molecule is NC(O)COC(=O)NCc1ccc(-c2cncc3ccccc23)cc1. The smallest absolute Gasteiger partial charge is 0.407 e. The Bertz CT molecular complexity index is 858. The Kier molecular flexibility index (Phi) is 5.23. The van der Waals surface area contributed by atoms with Gasteiger partial charge in [-0.15, -0.1) is 0 Å². The average molecular weight is 337 g/mol. The van der Waals surface area contributed by atoms with Crippen molar-refractivity contribution in [1.29, 1.82) is 0 Å². The van der Waals surface area contributed by atoms with E-state index in [1.165, 1.54) is 0 Å². The van der Waals surface area contributed by atoms with Gasteiger partial charge in [0.25, 0.3) is 0 Å². The van der Waals surface area contributed by atoms with E-state index in [4.69, 9.17) is 15.6 Å². The van der Waals surface area contributed by atoms with Crippen molar-refractivity contribution in [3.63, 3.8) is 0 Å². The number of pyridine rings is 1. The molecular formula is C19H19N3O3. The summed E-state index contributed by atoms with van der Waals surface area (Å²) >= 11 is 0. The van der Waals surface area contributed by atoms with Gasteiger partial charge >= 0.3 is 6.09 Å². The van der Waals surface area contributed by atoms with E-state index in [0.717, 1.165) is 27.5 Å². The number of hydrogen-bond acceptors (Lipinski definition) is 5. The highest BCUT2D eigenvalue weighted by atomic mass is 16.6. The summed E-state index contributed by atoms with van der Waals surface area (Å²) in [6.45, 7) is 0.0897. The van der Waals surface area contributed by atoms with Crippen LogP contribution in [0.3, 0.4) is 0 Å². The molecule has 0 spiro atoms. The quantitative estimate of drug-likeness (QED) is 0.621. The molecule has 0 aliphatic carbocycles. The van der Waals surface area contributed by atoms with Crippen LogP contribution in [0.4, 0.5) is 4.79 Å². The molecule has 25 heavy (non-hydrogen) atoms. The fourth-order valence-electron chi connectivity index (χ4n) is 2.54. The molecule has 0 radical (unpaired) electrons. The van der Waals surface area contributed by atoms with Crippen molar-refractivity contribution in [2.75, 3.05) is 6.61 Å². The summed E-state index contributed by atoms with van der Waals surface area (Å²) in [6.07, 6.45) is 1.91. The van der Waals surface area contributed by atoms with Crippen molar-refractivity contribution in [1.82, 2.24) is 10.3 Å². The van der Waals surface area contributed by atoms with E-state index in [1.807, 2.05) is 54.9 Å². The van der Waals surface area contributed by atoms with Crippen molar-refractivity contribution in [3.05, 3.63) is 66.5 Å². The first-order valence-electron chi connectivity index (χ1n) is 7.90. The number of carbonyl (C=O) groups is 1. The number of benzene rings is 2. The van der Waals surface area contributed by atoms with Crippen LogP contribution in [0.1, 0.15) is 5.56 Å². The summed E-state index contributed by atoms with van der Waals surface area (Å²) in [5, 5.41) is 13.7. The number of amides is 1. The molecule has 0 fully saturated rings. The maximum Gasteiger partial charge on any atom is 0.407 e. The number of aliphatic hydroxyl groups is 1. The Balaban J connectivity index is 1.69. The molecule has 1 heterocycles. The molecule has 128 valence electrons. The molecule has 0 saturated carbocycles. The van der Waals surface area contributed by atoms with Gasteiger partial charge in [0.1, 0.15) is 12.8 Å². The second kappa shape index (κ2) is 7.74. The fraction of sp³-hybridized carbons (Fsp3) is 0.158. The summed E-state index contributed by atoms with van der Waals surface area (Å²) in [5.74, 6) is 0. The van der Waals surface area contributed by atoms with Crippen LogP contribution in [0.5, 0.6) is 0 Å². The summed E-state index contributed by atoms with van der Waals surface area (Å²) in [6, 6.07) is 16.0. The molecule has 4 N–H and O–H groups in total. The Labute approximate surface area is 145 Å². The number of ether oxygens (including phenoxy) is 1. The molecule has 0 aliphatic heterocycles. The van der Waals surface area contributed by atoms with Crippen LogP contribution < -0.4 is 11.1 Å². The monoisotopic (exact) mass is 337 g/mol. The summed E-state index contributed by atoms with van der Waals surface area (Å²) < 4.78 is 4.73. The Hall–Kier alpha value is -2.96. The zero-order chi connectivity index (χ0) is 17.6. The largest absolute Gasteiger partial charge is 0.445 e. The number of rotatable bonds is 5. The van der Waals surface area contributed by atoms with Crippen molar-refractivity contribution in [2.24, 2.45) is 5.73 Å². The number of nitrogens with zero attached hydrogens (tertiary/aromatic N) is 1. The molecule has 0 bridgehead atoms. The third kappa shape index (κ3) is 4.32. The molecule has 1 atom stereocenters. The average Bonchev–Trinajstić information content (AvgIpc) is 2.64. The third-order valence-electron chi connectivity index (χ3n) is 3.76. The van der Waals surface area contributed by atoms with Gasteiger partial charge in [0.05, 0.1) is 0 Å². The van der Waals surface area contributed by atoms with E-state index in [2.05, 4.69) is 16.4 Å². The van der Waals surface area contributed by atoms with E-state index >= 15 is 0 Å². The highest BCUT2D eigenvalue weighted by Crippen LogP contribution is 2.27. The maximum atomic E-state index is 11.4. The van der Waals surface area contributed by atoms with Gasteiger partial charge in [-0.3, -0.25) is 4.98 Å². The lowest BCUT2D eigenvalue weighted by Crippen LogP contribution is -2.31. The number of nitrogens with one attached hydrogen (secondary N) is 1. The standard InChI is InChI=1S/C19H19N3O3/c20-18(23)12-25-19(24)22-9-13-5-7-14(8-6-13)17-11-21-10-15-3-1-2-4-16(15)17/h1-8,10-11,18,23H,9,12,20H2,(H,22,24). The normalized spacial score (nSPS) is 11.9. The van der Waals surface area contributed by atoms with E-state index in [1.54, 1.807) is 0 Å². The van der Waals surface area contributed by atoms with Crippen LogP contribution in [-0.2, 0) is 11.3 Å². The molecule has 3 aromatic rings. The van der Waals surface area contributed by atoms with Crippen LogP contribution in [0.25, 0.3) is 21.9 Å². The van der Waals surface area contributed by atoms with Gasteiger partial charge in [-0.25, -0.2) is 4.79 Å². The Morgan fingerprint density at radius 3 is 2.68 bits per heavy atom. The van der Waals surface area contributed by atoms with Gasteiger partial charge < -0.3 is 20.9 Å². The lowest BCUT2D eigenvalue weighted by Gasteiger charge is -2.09. The second-order valence-corrected chi connectivity index (χ2v) is 5.62. The lowest BCUT2D eigenvalue weighted by atomic mass is 10.00. The van der Waals surface area contributed by atoms with Gasteiger partial charge in [-0.1, -0.05) is 48.5 Å². The van der Waals surface area contributed by atoms with Crippen molar-refractivity contribution >= 4 is 16.9 Å². The molecular weight excluding hydrogens is 318 g/mol. The Morgan fingerprint density at radius 1 is 1.16 bits per heavy atom. The highest BCUT2D eigenvalue weighted by Gasteiger charge is 2.06. The minimum Gasteiger partial charge on any atom is -0.445 e. The second-order valence-electron chi connectivity index (χ2n) is 5.62. The van der Waals surface area contributed by atoms with Gasteiger partial charge in [-0.05, 0) is 16.5 Å². The Morgan fingerprint density at radius 2 is 1.92 bits per heavy atom. The van der Waals surface area contributed by atoms with Crippen molar-refractivity contribution < 1.29 is 14.6 Å².